The zero-order valence-electron chi connectivity index (χ0n) is 12.6. The summed E-state index contributed by atoms with van der Waals surface area (Å²) >= 11 is 0. The second-order valence-corrected chi connectivity index (χ2v) is 6.16. The molecular formula is C15H28N2O2. The molecule has 0 bridgehead atoms. The summed E-state index contributed by atoms with van der Waals surface area (Å²) in [5.41, 5.74) is 0. The largest absolute Gasteiger partial charge is 0.378 e. The van der Waals surface area contributed by atoms with Gasteiger partial charge in [-0.05, 0) is 53.1 Å². The van der Waals surface area contributed by atoms with Crippen LogP contribution in [0.15, 0.2) is 0 Å². The Balaban J connectivity index is 1.85. The molecule has 19 heavy (non-hydrogen) atoms. The van der Waals surface area contributed by atoms with Crippen molar-refractivity contribution in [2.75, 3.05) is 26.7 Å². The number of amides is 1. The standard InChI is InChI=1S/C15H28N2O2/c1-12(2)19-11-8-15(18)17-10-5-7-14(17)13-6-4-9-16(13)3/h12-14H,4-11H2,1-3H3. The number of ether oxygens (including phenoxy) is 1. The Morgan fingerprint density at radius 1 is 1.21 bits per heavy atom. The van der Waals surface area contributed by atoms with Crippen LogP contribution in [0.5, 0.6) is 0 Å². The number of hydrogen-bond acceptors (Lipinski definition) is 3. The number of nitrogens with zero attached hydrogens (tertiary/aromatic N) is 2. The highest BCUT2D eigenvalue weighted by molar-refractivity contribution is 5.77. The predicted molar refractivity (Wildman–Crippen MR) is 76.1 cm³/mol. The van der Waals surface area contributed by atoms with Crippen LogP contribution in [0.25, 0.3) is 0 Å². The fraction of sp³-hybridized carbons (Fsp3) is 0.933. The van der Waals surface area contributed by atoms with Crippen molar-refractivity contribution in [1.82, 2.24) is 9.80 Å². The van der Waals surface area contributed by atoms with Crippen molar-refractivity contribution in [1.29, 1.82) is 0 Å². The minimum Gasteiger partial charge on any atom is -0.378 e. The van der Waals surface area contributed by atoms with Gasteiger partial charge in [-0.3, -0.25) is 4.79 Å². The highest BCUT2D eigenvalue weighted by atomic mass is 16.5. The molecule has 0 aromatic heterocycles. The van der Waals surface area contributed by atoms with Crippen LogP contribution >= 0.6 is 0 Å². The maximum atomic E-state index is 12.3. The van der Waals surface area contributed by atoms with E-state index in [-0.39, 0.29) is 12.0 Å². The van der Waals surface area contributed by atoms with Crippen LogP contribution in [0.3, 0.4) is 0 Å². The van der Waals surface area contributed by atoms with Crippen LogP contribution in [0.2, 0.25) is 0 Å². The molecule has 0 spiro atoms. The Kier molecular flexibility index (Phi) is 5.22. The second kappa shape index (κ2) is 6.71. The third-order valence-corrected chi connectivity index (χ3v) is 4.41. The summed E-state index contributed by atoms with van der Waals surface area (Å²) in [6.45, 7) is 6.70. The van der Waals surface area contributed by atoms with E-state index < -0.39 is 0 Å². The third-order valence-electron chi connectivity index (χ3n) is 4.41. The predicted octanol–water partition coefficient (Wildman–Crippen LogP) is 1.89. The van der Waals surface area contributed by atoms with Gasteiger partial charge in [-0.2, -0.15) is 0 Å². The highest BCUT2D eigenvalue weighted by Crippen LogP contribution is 2.29. The summed E-state index contributed by atoms with van der Waals surface area (Å²) in [4.78, 5) is 16.9. The molecular weight excluding hydrogens is 240 g/mol. The minimum atomic E-state index is 0.211. The number of carbonyl (C=O) groups excluding carboxylic acids is 1. The highest BCUT2D eigenvalue weighted by Gasteiger charge is 2.37. The van der Waals surface area contributed by atoms with Crippen LogP contribution in [-0.2, 0) is 9.53 Å². The average Bonchev–Trinajstić information content (AvgIpc) is 2.96. The van der Waals surface area contributed by atoms with E-state index in [2.05, 4.69) is 16.8 Å². The molecule has 4 heteroatoms. The minimum absolute atomic E-state index is 0.211. The molecule has 2 aliphatic rings. The number of carbonyl (C=O) groups is 1. The van der Waals surface area contributed by atoms with Crippen LogP contribution in [-0.4, -0.2) is 60.6 Å². The van der Waals surface area contributed by atoms with Gasteiger partial charge < -0.3 is 14.5 Å². The average molecular weight is 268 g/mol. The lowest BCUT2D eigenvalue weighted by atomic mass is 10.0. The number of likely N-dealkylation sites (N-methyl/N-ethyl adjacent to an activating group) is 1. The number of likely N-dealkylation sites (tertiary alicyclic amines) is 2. The van der Waals surface area contributed by atoms with E-state index in [9.17, 15) is 4.79 Å². The summed E-state index contributed by atoms with van der Waals surface area (Å²) in [6.07, 6.45) is 5.59. The zero-order chi connectivity index (χ0) is 13.8. The van der Waals surface area contributed by atoms with Crippen LogP contribution in [0, 0.1) is 0 Å². The second-order valence-electron chi connectivity index (χ2n) is 6.16. The molecule has 0 aromatic rings. The van der Waals surface area contributed by atoms with E-state index in [1.165, 1.54) is 25.8 Å². The molecule has 2 saturated heterocycles. The normalized spacial score (nSPS) is 28.5. The van der Waals surface area contributed by atoms with Gasteiger partial charge in [0, 0.05) is 18.6 Å². The van der Waals surface area contributed by atoms with Gasteiger partial charge in [0.05, 0.1) is 19.1 Å². The van der Waals surface area contributed by atoms with Crippen molar-refractivity contribution in [3.63, 3.8) is 0 Å². The molecule has 1 amide bonds. The first-order valence-corrected chi connectivity index (χ1v) is 7.71. The smallest absolute Gasteiger partial charge is 0.225 e. The molecule has 0 radical (unpaired) electrons. The fourth-order valence-corrected chi connectivity index (χ4v) is 3.45. The molecule has 2 rings (SSSR count). The van der Waals surface area contributed by atoms with E-state index in [0.717, 1.165) is 13.0 Å². The lowest BCUT2D eigenvalue weighted by Crippen LogP contribution is -2.47. The van der Waals surface area contributed by atoms with E-state index in [4.69, 9.17) is 4.74 Å². The van der Waals surface area contributed by atoms with Gasteiger partial charge in [0.15, 0.2) is 0 Å². The van der Waals surface area contributed by atoms with E-state index in [1.807, 2.05) is 13.8 Å². The first-order valence-electron chi connectivity index (χ1n) is 7.71. The molecule has 0 N–H and O–H groups in total. The Morgan fingerprint density at radius 3 is 2.53 bits per heavy atom. The topological polar surface area (TPSA) is 32.8 Å². The molecule has 2 heterocycles. The lowest BCUT2D eigenvalue weighted by molar-refractivity contribution is -0.134. The van der Waals surface area contributed by atoms with Crippen LogP contribution in [0.1, 0.15) is 46.0 Å². The Labute approximate surface area is 117 Å². The van der Waals surface area contributed by atoms with Gasteiger partial charge in [0.1, 0.15) is 0 Å². The van der Waals surface area contributed by atoms with E-state index in [1.54, 1.807) is 0 Å². The van der Waals surface area contributed by atoms with Gasteiger partial charge >= 0.3 is 0 Å². The van der Waals surface area contributed by atoms with Crippen molar-refractivity contribution in [2.24, 2.45) is 0 Å². The first-order chi connectivity index (χ1) is 9.09. The molecule has 2 atom stereocenters. The quantitative estimate of drug-likeness (QED) is 0.763. The molecule has 2 fully saturated rings. The van der Waals surface area contributed by atoms with Crippen molar-refractivity contribution < 1.29 is 9.53 Å². The fourth-order valence-electron chi connectivity index (χ4n) is 3.45. The summed E-state index contributed by atoms with van der Waals surface area (Å²) in [5, 5.41) is 0. The maximum absolute atomic E-state index is 12.3. The van der Waals surface area contributed by atoms with Gasteiger partial charge in [-0.15, -0.1) is 0 Å². The molecule has 2 aliphatic heterocycles. The molecule has 4 nitrogen and oxygen atoms in total. The number of rotatable bonds is 5. The maximum Gasteiger partial charge on any atom is 0.225 e. The molecule has 0 aliphatic carbocycles. The molecule has 0 aromatic carbocycles. The van der Waals surface area contributed by atoms with Crippen molar-refractivity contribution in [2.45, 2.75) is 64.1 Å². The lowest BCUT2D eigenvalue weighted by Gasteiger charge is -2.33. The molecule has 2 unspecified atom stereocenters. The summed E-state index contributed by atoms with van der Waals surface area (Å²) < 4.78 is 5.50. The van der Waals surface area contributed by atoms with Crippen LogP contribution < -0.4 is 0 Å². The van der Waals surface area contributed by atoms with Gasteiger partial charge in [0.25, 0.3) is 0 Å². The SMILES string of the molecule is CC(C)OCCC(=O)N1CCCC1C1CCCN1C. The Bertz CT molecular complexity index is 307. The Hall–Kier alpha value is -0.610. The summed E-state index contributed by atoms with van der Waals surface area (Å²) in [5.74, 6) is 0.281. The van der Waals surface area contributed by atoms with Crippen molar-refractivity contribution in [3.8, 4) is 0 Å². The zero-order valence-corrected chi connectivity index (χ0v) is 12.6. The first kappa shape index (κ1) is 14.8. The third kappa shape index (κ3) is 3.69. The van der Waals surface area contributed by atoms with Gasteiger partial charge in [-0.1, -0.05) is 0 Å². The van der Waals surface area contributed by atoms with Gasteiger partial charge in [-0.25, -0.2) is 0 Å². The summed E-state index contributed by atoms with van der Waals surface area (Å²) in [7, 11) is 2.19. The number of hydrogen-bond donors (Lipinski definition) is 0. The van der Waals surface area contributed by atoms with Crippen LogP contribution in [0.4, 0.5) is 0 Å². The monoisotopic (exact) mass is 268 g/mol. The van der Waals surface area contributed by atoms with E-state index >= 15 is 0 Å². The van der Waals surface area contributed by atoms with Gasteiger partial charge in [0.2, 0.25) is 5.91 Å². The Morgan fingerprint density at radius 2 is 1.89 bits per heavy atom. The van der Waals surface area contributed by atoms with E-state index in [0.29, 0.717) is 25.1 Å². The van der Waals surface area contributed by atoms with Crippen molar-refractivity contribution >= 4 is 5.91 Å². The molecule has 0 saturated carbocycles. The van der Waals surface area contributed by atoms with Crippen molar-refractivity contribution in [3.05, 3.63) is 0 Å². The molecule has 110 valence electrons. The summed E-state index contributed by atoms with van der Waals surface area (Å²) in [6, 6.07) is 1.02.